The Morgan fingerprint density at radius 2 is 1.62 bits per heavy atom. The maximum Gasteiger partial charge on any atom is 0.507 e. The highest BCUT2D eigenvalue weighted by Crippen LogP contribution is 1.77. The molecule has 0 aromatic carbocycles. The predicted molar refractivity (Wildman–Crippen MR) is 43.7 cm³/mol. The SMILES string of the molecule is CCOC(=O)O.CCOC(=O)OC. The van der Waals surface area contributed by atoms with Crippen LogP contribution >= 0.6 is 0 Å². The average molecular weight is 194 g/mol. The lowest BCUT2D eigenvalue weighted by Crippen LogP contribution is -2.02. The Bertz CT molecular complexity index is 144. The Morgan fingerprint density at radius 3 is 1.69 bits per heavy atom. The molecule has 0 spiro atoms. The number of rotatable bonds is 2. The first-order valence-electron chi connectivity index (χ1n) is 3.64. The number of carbonyl (C=O) groups is 2. The Kier molecular flexibility index (Phi) is 11.4. The van der Waals surface area contributed by atoms with Crippen LogP contribution in [0.1, 0.15) is 13.8 Å². The second-order valence-corrected chi connectivity index (χ2v) is 1.59. The molecule has 0 aromatic heterocycles. The van der Waals surface area contributed by atoms with Gasteiger partial charge < -0.3 is 19.3 Å². The summed E-state index contributed by atoms with van der Waals surface area (Å²) in [7, 11) is 1.28. The number of carboxylic acid groups (broad SMARTS) is 1. The Hall–Kier alpha value is -1.46. The van der Waals surface area contributed by atoms with E-state index in [4.69, 9.17) is 5.11 Å². The molecule has 0 atom stereocenters. The van der Waals surface area contributed by atoms with Gasteiger partial charge in [-0.2, -0.15) is 0 Å². The molecule has 0 heterocycles. The lowest BCUT2D eigenvalue weighted by Gasteiger charge is -1.94. The van der Waals surface area contributed by atoms with E-state index in [1.165, 1.54) is 7.11 Å². The van der Waals surface area contributed by atoms with Crippen molar-refractivity contribution in [1.29, 1.82) is 0 Å². The molecule has 0 radical (unpaired) electrons. The Balaban J connectivity index is 0. The van der Waals surface area contributed by atoms with Gasteiger partial charge in [0.1, 0.15) is 0 Å². The van der Waals surface area contributed by atoms with Crippen LogP contribution in [0.2, 0.25) is 0 Å². The zero-order valence-corrected chi connectivity index (χ0v) is 7.90. The first-order valence-corrected chi connectivity index (χ1v) is 3.64. The summed E-state index contributed by atoms with van der Waals surface area (Å²) in [5.74, 6) is 0. The van der Waals surface area contributed by atoms with Crippen molar-refractivity contribution in [2.45, 2.75) is 13.8 Å². The molecule has 0 fully saturated rings. The molecule has 0 bridgehead atoms. The summed E-state index contributed by atoms with van der Waals surface area (Å²) >= 11 is 0. The monoisotopic (exact) mass is 194 g/mol. The predicted octanol–water partition coefficient (Wildman–Crippen LogP) is 1.49. The molecule has 0 aromatic rings. The molecule has 0 saturated heterocycles. The van der Waals surface area contributed by atoms with Crippen LogP contribution < -0.4 is 0 Å². The molecule has 0 saturated carbocycles. The summed E-state index contributed by atoms with van der Waals surface area (Å²) in [5.41, 5.74) is 0. The summed E-state index contributed by atoms with van der Waals surface area (Å²) in [4.78, 5) is 19.3. The van der Waals surface area contributed by atoms with Crippen molar-refractivity contribution < 1.29 is 28.9 Å². The standard InChI is InChI=1S/C4H8O3.C3H6O3/c1-3-7-4(5)6-2;1-2-6-3(4)5/h3H2,1-2H3;2H2,1H3,(H,4,5). The second-order valence-electron chi connectivity index (χ2n) is 1.59. The van der Waals surface area contributed by atoms with Gasteiger partial charge in [0, 0.05) is 0 Å². The van der Waals surface area contributed by atoms with E-state index in [2.05, 4.69) is 14.2 Å². The summed E-state index contributed by atoms with van der Waals surface area (Å²) < 4.78 is 12.4. The second kappa shape index (κ2) is 10.5. The van der Waals surface area contributed by atoms with Gasteiger partial charge in [-0.05, 0) is 13.8 Å². The van der Waals surface area contributed by atoms with Crippen molar-refractivity contribution in [2.24, 2.45) is 0 Å². The van der Waals surface area contributed by atoms with Gasteiger partial charge >= 0.3 is 12.3 Å². The molecule has 0 rings (SSSR count). The van der Waals surface area contributed by atoms with E-state index in [0.29, 0.717) is 6.61 Å². The van der Waals surface area contributed by atoms with Crippen molar-refractivity contribution in [3.05, 3.63) is 0 Å². The fraction of sp³-hybridized carbons (Fsp3) is 0.714. The molecule has 78 valence electrons. The van der Waals surface area contributed by atoms with Gasteiger partial charge in [-0.25, -0.2) is 9.59 Å². The molecular formula is C7H14O6. The molecule has 0 unspecified atom stereocenters. The smallest absolute Gasteiger partial charge is 0.450 e. The highest BCUT2D eigenvalue weighted by atomic mass is 16.7. The van der Waals surface area contributed by atoms with Gasteiger partial charge in [0.05, 0.1) is 20.3 Å². The zero-order chi connectivity index (χ0) is 10.7. The molecule has 13 heavy (non-hydrogen) atoms. The van der Waals surface area contributed by atoms with Crippen LogP contribution in [0.5, 0.6) is 0 Å². The van der Waals surface area contributed by atoms with Crippen molar-refractivity contribution in [2.75, 3.05) is 20.3 Å². The van der Waals surface area contributed by atoms with E-state index >= 15 is 0 Å². The van der Waals surface area contributed by atoms with E-state index in [9.17, 15) is 9.59 Å². The lowest BCUT2D eigenvalue weighted by molar-refractivity contribution is 0.0770. The van der Waals surface area contributed by atoms with Gasteiger partial charge in [-0.1, -0.05) is 0 Å². The van der Waals surface area contributed by atoms with E-state index < -0.39 is 12.3 Å². The quantitative estimate of drug-likeness (QED) is 0.670. The molecule has 0 aliphatic heterocycles. The number of hydrogen-bond acceptors (Lipinski definition) is 5. The number of carbonyl (C=O) groups excluding carboxylic acids is 1. The molecule has 6 heteroatoms. The van der Waals surface area contributed by atoms with Crippen molar-refractivity contribution in [3.63, 3.8) is 0 Å². The normalized spacial score (nSPS) is 7.62. The number of methoxy groups -OCH3 is 1. The van der Waals surface area contributed by atoms with Crippen molar-refractivity contribution >= 4 is 12.3 Å². The van der Waals surface area contributed by atoms with Gasteiger partial charge in [0.2, 0.25) is 0 Å². The van der Waals surface area contributed by atoms with Crippen LogP contribution in [0, 0.1) is 0 Å². The van der Waals surface area contributed by atoms with Gasteiger partial charge in [0.25, 0.3) is 0 Å². The largest absolute Gasteiger partial charge is 0.507 e. The summed E-state index contributed by atoms with van der Waals surface area (Å²) in [6.45, 7) is 3.94. The van der Waals surface area contributed by atoms with E-state index in [0.717, 1.165) is 0 Å². The van der Waals surface area contributed by atoms with Gasteiger partial charge in [0.15, 0.2) is 0 Å². The molecule has 0 amide bonds. The van der Waals surface area contributed by atoms with Crippen LogP contribution in [0.25, 0.3) is 0 Å². The topological polar surface area (TPSA) is 82.1 Å². The zero-order valence-electron chi connectivity index (χ0n) is 7.90. The minimum Gasteiger partial charge on any atom is -0.450 e. The first-order chi connectivity index (χ1) is 6.08. The Morgan fingerprint density at radius 1 is 1.15 bits per heavy atom. The average Bonchev–Trinajstić information content (AvgIpc) is 2.05. The number of ether oxygens (including phenoxy) is 3. The minimum absolute atomic E-state index is 0.231. The van der Waals surface area contributed by atoms with Crippen LogP contribution in [0.4, 0.5) is 9.59 Å². The summed E-state index contributed by atoms with van der Waals surface area (Å²) in [6.07, 6.45) is -1.83. The molecule has 6 nitrogen and oxygen atoms in total. The fourth-order valence-electron chi connectivity index (χ4n) is 0.300. The maximum absolute atomic E-state index is 9.97. The molecule has 0 aliphatic rings. The molecular weight excluding hydrogens is 180 g/mol. The minimum atomic E-state index is -1.21. The third-order valence-corrected chi connectivity index (χ3v) is 0.697. The van der Waals surface area contributed by atoms with Crippen LogP contribution in [-0.4, -0.2) is 37.7 Å². The summed E-state index contributed by atoms with van der Waals surface area (Å²) in [5, 5.41) is 7.69. The van der Waals surface area contributed by atoms with Crippen LogP contribution in [0.15, 0.2) is 0 Å². The third-order valence-electron chi connectivity index (χ3n) is 0.697. The van der Waals surface area contributed by atoms with E-state index in [-0.39, 0.29) is 6.61 Å². The lowest BCUT2D eigenvalue weighted by atomic mass is 10.9. The van der Waals surface area contributed by atoms with Crippen molar-refractivity contribution in [3.8, 4) is 0 Å². The molecule has 1 N–H and O–H groups in total. The van der Waals surface area contributed by atoms with E-state index in [1.54, 1.807) is 13.8 Å². The Labute approximate surface area is 76.4 Å². The number of hydrogen-bond donors (Lipinski definition) is 1. The third kappa shape index (κ3) is 18.0. The highest BCUT2D eigenvalue weighted by molar-refractivity contribution is 5.59. The van der Waals surface area contributed by atoms with Crippen LogP contribution in [0.3, 0.4) is 0 Å². The van der Waals surface area contributed by atoms with Gasteiger partial charge in [-0.3, -0.25) is 0 Å². The van der Waals surface area contributed by atoms with E-state index in [1.807, 2.05) is 0 Å². The first kappa shape index (κ1) is 14.1. The highest BCUT2D eigenvalue weighted by Gasteiger charge is 1.92. The van der Waals surface area contributed by atoms with Gasteiger partial charge in [-0.15, -0.1) is 0 Å². The van der Waals surface area contributed by atoms with Crippen LogP contribution in [-0.2, 0) is 14.2 Å². The maximum atomic E-state index is 9.97. The summed E-state index contributed by atoms with van der Waals surface area (Å²) in [6, 6.07) is 0. The fourth-order valence-corrected chi connectivity index (χ4v) is 0.300. The molecule has 0 aliphatic carbocycles. The van der Waals surface area contributed by atoms with Crippen molar-refractivity contribution in [1.82, 2.24) is 0 Å².